The number of carbonyl (C=O) groups is 1. The molecule has 0 saturated carbocycles. The molecule has 0 aliphatic carbocycles. The molecule has 0 N–H and O–H groups in total. The molecule has 1 aliphatic heterocycles. The summed E-state index contributed by atoms with van der Waals surface area (Å²) in [5, 5.41) is 9.02. The first-order valence-corrected chi connectivity index (χ1v) is 5.82. The van der Waals surface area contributed by atoms with Gasteiger partial charge in [-0.05, 0) is 22.0 Å². The molecular formula is C11H10BrN3O. The van der Waals surface area contributed by atoms with Crippen molar-refractivity contribution in [3.63, 3.8) is 0 Å². The molecule has 1 fully saturated rings. The van der Waals surface area contributed by atoms with Gasteiger partial charge in [0.1, 0.15) is 17.7 Å². The lowest BCUT2D eigenvalue weighted by atomic mass is 10.1. The number of aromatic nitrogens is 1. The Morgan fingerprint density at radius 2 is 2.12 bits per heavy atom. The van der Waals surface area contributed by atoms with Crippen LogP contribution in [0.3, 0.4) is 0 Å². The molecular weight excluding hydrogens is 270 g/mol. The predicted octanol–water partition coefficient (Wildman–Crippen LogP) is 1.89. The SMILES string of the molecule is N#Cc1cc(Br)cnc1N1CCC(=O)CC1. The molecule has 0 amide bonds. The Morgan fingerprint density at radius 1 is 1.44 bits per heavy atom. The van der Waals surface area contributed by atoms with Crippen LogP contribution in [0.4, 0.5) is 5.82 Å². The predicted molar refractivity (Wildman–Crippen MR) is 63.1 cm³/mol. The first-order valence-electron chi connectivity index (χ1n) is 5.03. The van der Waals surface area contributed by atoms with Crippen LogP contribution >= 0.6 is 15.9 Å². The molecule has 1 saturated heterocycles. The van der Waals surface area contributed by atoms with E-state index >= 15 is 0 Å². The number of rotatable bonds is 1. The first kappa shape index (κ1) is 11.1. The van der Waals surface area contributed by atoms with Crippen molar-refractivity contribution in [1.82, 2.24) is 4.98 Å². The van der Waals surface area contributed by atoms with Gasteiger partial charge in [0.15, 0.2) is 0 Å². The largest absolute Gasteiger partial charge is 0.355 e. The molecule has 4 nitrogen and oxygen atoms in total. The highest BCUT2D eigenvalue weighted by atomic mass is 79.9. The Labute approximate surface area is 102 Å². The maximum Gasteiger partial charge on any atom is 0.146 e. The lowest BCUT2D eigenvalue weighted by Gasteiger charge is -2.27. The van der Waals surface area contributed by atoms with E-state index in [1.54, 1.807) is 12.3 Å². The van der Waals surface area contributed by atoms with E-state index in [-0.39, 0.29) is 5.78 Å². The fourth-order valence-corrected chi connectivity index (χ4v) is 2.07. The topological polar surface area (TPSA) is 57.0 Å². The second kappa shape index (κ2) is 4.62. The minimum Gasteiger partial charge on any atom is -0.355 e. The lowest BCUT2D eigenvalue weighted by Crippen LogP contribution is -2.34. The Hall–Kier alpha value is -1.41. The number of nitrogens with zero attached hydrogens (tertiary/aromatic N) is 3. The van der Waals surface area contributed by atoms with Crippen molar-refractivity contribution < 1.29 is 4.79 Å². The average molecular weight is 280 g/mol. The van der Waals surface area contributed by atoms with Crippen molar-refractivity contribution in [3.05, 3.63) is 22.3 Å². The third-order valence-electron chi connectivity index (χ3n) is 2.57. The third kappa shape index (κ3) is 2.22. The smallest absolute Gasteiger partial charge is 0.146 e. The molecule has 16 heavy (non-hydrogen) atoms. The molecule has 0 spiro atoms. The molecule has 0 unspecified atom stereocenters. The molecule has 82 valence electrons. The Bertz CT molecular complexity index is 457. The van der Waals surface area contributed by atoms with Crippen LogP contribution in [0, 0.1) is 11.3 Å². The molecule has 1 aromatic heterocycles. The van der Waals surface area contributed by atoms with E-state index in [2.05, 4.69) is 27.0 Å². The van der Waals surface area contributed by atoms with Crippen LogP contribution in [0.15, 0.2) is 16.7 Å². The van der Waals surface area contributed by atoms with E-state index < -0.39 is 0 Å². The first-order chi connectivity index (χ1) is 7.70. The summed E-state index contributed by atoms with van der Waals surface area (Å²) in [4.78, 5) is 17.4. The maximum absolute atomic E-state index is 11.1. The zero-order valence-electron chi connectivity index (χ0n) is 8.61. The molecule has 0 radical (unpaired) electrons. The Kier molecular flexibility index (Phi) is 3.20. The quantitative estimate of drug-likeness (QED) is 0.788. The fourth-order valence-electron chi connectivity index (χ4n) is 1.73. The number of pyridine rings is 1. The van der Waals surface area contributed by atoms with Crippen LogP contribution < -0.4 is 4.90 Å². The van der Waals surface area contributed by atoms with Crippen molar-refractivity contribution in [2.75, 3.05) is 18.0 Å². The monoisotopic (exact) mass is 279 g/mol. The van der Waals surface area contributed by atoms with Crippen LogP contribution in [0.5, 0.6) is 0 Å². The van der Waals surface area contributed by atoms with Crippen molar-refractivity contribution in [2.45, 2.75) is 12.8 Å². The molecule has 0 aromatic carbocycles. The van der Waals surface area contributed by atoms with Gasteiger partial charge in [-0.25, -0.2) is 4.98 Å². The van der Waals surface area contributed by atoms with E-state index in [4.69, 9.17) is 5.26 Å². The van der Waals surface area contributed by atoms with Crippen LogP contribution in [-0.4, -0.2) is 23.9 Å². The second-order valence-electron chi connectivity index (χ2n) is 3.66. The molecule has 1 aromatic rings. The number of hydrogen-bond acceptors (Lipinski definition) is 4. The normalized spacial score (nSPS) is 16.0. The average Bonchev–Trinajstić information content (AvgIpc) is 2.30. The van der Waals surface area contributed by atoms with E-state index in [0.717, 1.165) is 4.47 Å². The molecule has 1 aliphatic rings. The van der Waals surface area contributed by atoms with Crippen LogP contribution in [-0.2, 0) is 4.79 Å². The molecule has 5 heteroatoms. The lowest BCUT2D eigenvalue weighted by molar-refractivity contribution is -0.119. The summed E-state index contributed by atoms with van der Waals surface area (Å²) in [5.41, 5.74) is 0.545. The van der Waals surface area contributed by atoms with Crippen LogP contribution in [0.2, 0.25) is 0 Å². The number of nitriles is 1. The van der Waals surface area contributed by atoms with Gasteiger partial charge < -0.3 is 4.90 Å². The highest BCUT2D eigenvalue weighted by molar-refractivity contribution is 9.10. The standard InChI is InChI=1S/C11H10BrN3O/c12-9-5-8(6-13)11(14-7-9)15-3-1-10(16)2-4-15/h5,7H,1-4H2. The van der Waals surface area contributed by atoms with Gasteiger partial charge in [-0.2, -0.15) is 5.26 Å². The van der Waals surface area contributed by atoms with E-state index in [1.165, 1.54) is 0 Å². The van der Waals surface area contributed by atoms with Gasteiger partial charge in [-0.15, -0.1) is 0 Å². The van der Waals surface area contributed by atoms with Gasteiger partial charge in [0.2, 0.25) is 0 Å². The number of anilines is 1. The summed E-state index contributed by atoms with van der Waals surface area (Å²) in [7, 11) is 0. The van der Waals surface area contributed by atoms with Crippen molar-refractivity contribution >= 4 is 27.5 Å². The van der Waals surface area contributed by atoms with E-state index in [1.807, 2.05) is 4.90 Å². The summed E-state index contributed by atoms with van der Waals surface area (Å²) >= 11 is 3.28. The van der Waals surface area contributed by atoms with E-state index in [9.17, 15) is 4.79 Å². The zero-order valence-corrected chi connectivity index (χ0v) is 10.2. The van der Waals surface area contributed by atoms with Gasteiger partial charge >= 0.3 is 0 Å². The highest BCUT2D eigenvalue weighted by Gasteiger charge is 2.19. The number of Topliss-reactive ketones (excluding diaryl/α,β-unsaturated/α-hetero) is 1. The second-order valence-corrected chi connectivity index (χ2v) is 4.58. The number of ketones is 1. The molecule has 0 atom stereocenters. The van der Waals surface area contributed by atoms with E-state index in [0.29, 0.717) is 37.3 Å². The summed E-state index contributed by atoms with van der Waals surface area (Å²) < 4.78 is 0.792. The van der Waals surface area contributed by atoms with Crippen molar-refractivity contribution in [3.8, 4) is 6.07 Å². The van der Waals surface area contributed by atoms with Gasteiger partial charge in [0.25, 0.3) is 0 Å². The summed E-state index contributed by atoms with van der Waals surface area (Å²) in [6, 6.07) is 3.87. The van der Waals surface area contributed by atoms with Crippen molar-refractivity contribution in [2.24, 2.45) is 0 Å². The maximum atomic E-state index is 11.1. The number of hydrogen-bond donors (Lipinski definition) is 0. The highest BCUT2D eigenvalue weighted by Crippen LogP contribution is 2.22. The van der Waals surface area contributed by atoms with Gasteiger partial charge in [-0.3, -0.25) is 4.79 Å². The molecule has 2 heterocycles. The van der Waals surface area contributed by atoms with Crippen molar-refractivity contribution in [1.29, 1.82) is 5.26 Å². The summed E-state index contributed by atoms with van der Waals surface area (Å²) in [6.07, 6.45) is 2.76. The van der Waals surface area contributed by atoms with Gasteiger partial charge in [0, 0.05) is 36.6 Å². The fraction of sp³-hybridized carbons (Fsp3) is 0.364. The minimum atomic E-state index is 0.284. The molecule has 0 bridgehead atoms. The number of halogens is 1. The zero-order chi connectivity index (χ0) is 11.5. The van der Waals surface area contributed by atoms with Gasteiger partial charge in [-0.1, -0.05) is 0 Å². The van der Waals surface area contributed by atoms with Gasteiger partial charge in [0.05, 0.1) is 5.56 Å². The van der Waals surface area contributed by atoms with Crippen LogP contribution in [0.25, 0.3) is 0 Å². The Morgan fingerprint density at radius 3 is 2.75 bits per heavy atom. The third-order valence-corrected chi connectivity index (χ3v) is 3.01. The minimum absolute atomic E-state index is 0.284. The summed E-state index contributed by atoms with van der Waals surface area (Å²) in [6.45, 7) is 1.31. The van der Waals surface area contributed by atoms with Crippen LogP contribution in [0.1, 0.15) is 18.4 Å². The Balaban J connectivity index is 2.27. The number of piperidine rings is 1. The molecule has 2 rings (SSSR count). The summed E-state index contributed by atoms with van der Waals surface area (Å²) in [5.74, 6) is 0.963. The number of carbonyl (C=O) groups excluding carboxylic acids is 1.